The molecular formula is C11H11BrO2. The van der Waals surface area contributed by atoms with Crippen LogP contribution in [0.1, 0.15) is 16.8 Å². The van der Waals surface area contributed by atoms with Gasteiger partial charge in [-0.15, -0.1) is 6.58 Å². The van der Waals surface area contributed by atoms with E-state index in [4.69, 9.17) is 4.74 Å². The van der Waals surface area contributed by atoms with Crippen molar-refractivity contribution in [2.75, 3.05) is 6.61 Å². The second-order valence-electron chi connectivity index (χ2n) is 2.73. The molecule has 0 fully saturated rings. The van der Waals surface area contributed by atoms with Gasteiger partial charge in [0.15, 0.2) is 0 Å². The van der Waals surface area contributed by atoms with Crippen molar-refractivity contribution in [2.45, 2.75) is 6.42 Å². The summed E-state index contributed by atoms with van der Waals surface area (Å²) in [4.78, 5) is 10.5. The molecule has 0 radical (unpaired) electrons. The zero-order valence-electron chi connectivity index (χ0n) is 7.70. The first-order valence-electron chi connectivity index (χ1n) is 4.26. The zero-order valence-corrected chi connectivity index (χ0v) is 9.29. The Labute approximate surface area is 91.7 Å². The SMILES string of the molecule is C=CCCOc1ccc(C=O)cc1Br. The van der Waals surface area contributed by atoms with Gasteiger partial charge in [-0.25, -0.2) is 0 Å². The summed E-state index contributed by atoms with van der Waals surface area (Å²) in [5, 5.41) is 0. The van der Waals surface area contributed by atoms with Gasteiger partial charge in [0.1, 0.15) is 12.0 Å². The number of rotatable bonds is 5. The maximum atomic E-state index is 10.5. The monoisotopic (exact) mass is 254 g/mol. The fourth-order valence-corrected chi connectivity index (χ4v) is 1.47. The summed E-state index contributed by atoms with van der Waals surface area (Å²) >= 11 is 3.33. The van der Waals surface area contributed by atoms with Gasteiger partial charge in [-0.1, -0.05) is 6.08 Å². The van der Waals surface area contributed by atoms with E-state index in [1.54, 1.807) is 24.3 Å². The number of aldehydes is 1. The molecule has 0 aliphatic carbocycles. The normalized spacial score (nSPS) is 9.50. The van der Waals surface area contributed by atoms with Gasteiger partial charge >= 0.3 is 0 Å². The van der Waals surface area contributed by atoms with Gasteiger partial charge in [0.05, 0.1) is 11.1 Å². The van der Waals surface area contributed by atoms with Gasteiger partial charge in [0, 0.05) is 5.56 Å². The number of benzene rings is 1. The van der Waals surface area contributed by atoms with E-state index in [1.807, 2.05) is 0 Å². The van der Waals surface area contributed by atoms with Crippen LogP contribution in [-0.4, -0.2) is 12.9 Å². The average molecular weight is 255 g/mol. The molecule has 0 atom stereocenters. The number of hydrogen-bond acceptors (Lipinski definition) is 2. The van der Waals surface area contributed by atoms with Crippen molar-refractivity contribution in [3.05, 3.63) is 40.9 Å². The van der Waals surface area contributed by atoms with Crippen molar-refractivity contribution in [1.29, 1.82) is 0 Å². The highest BCUT2D eigenvalue weighted by molar-refractivity contribution is 9.10. The van der Waals surface area contributed by atoms with Crippen LogP contribution in [0.4, 0.5) is 0 Å². The predicted molar refractivity (Wildman–Crippen MR) is 59.8 cm³/mol. The van der Waals surface area contributed by atoms with Crippen LogP contribution in [0.2, 0.25) is 0 Å². The molecule has 0 amide bonds. The van der Waals surface area contributed by atoms with Crippen molar-refractivity contribution in [2.24, 2.45) is 0 Å². The van der Waals surface area contributed by atoms with Gasteiger partial charge < -0.3 is 4.74 Å². The van der Waals surface area contributed by atoms with Gasteiger partial charge in [-0.3, -0.25) is 4.79 Å². The zero-order chi connectivity index (χ0) is 10.4. The summed E-state index contributed by atoms with van der Waals surface area (Å²) in [7, 11) is 0. The second kappa shape index (κ2) is 5.60. The van der Waals surface area contributed by atoms with Crippen molar-refractivity contribution in [3.8, 4) is 5.75 Å². The standard InChI is InChI=1S/C11H11BrO2/c1-2-3-6-14-11-5-4-9(8-13)7-10(11)12/h2,4-5,7-8H,1,3,6H2. The van der Waals surface area contributed by atoms with Crippen molar-refractivity contribution in [3.63, 3.8) is 0 Å². The third-order valence-corrected chi connectivity index (χ3v) is 2.29. The first kappa shape index (κ1) is 11.0. The number of carbonyl (C=O) groups excluding carboxylic acids is 1. The second-order valence-corrected chi connectivity index (χ2v) is 3.59. The Kier molecular flexibility index (Phi) is 4.40. The Morgan fingerprint density at radius 1 is 1.50 bits per heavy atom. The molecule has 0 aliphatic heterocycles. The third-order valence-electron chi connectivity index (χ3n) is 1.67. The highest BCUT2D eigenvalue weighted by Crippen LogP contribution is 2.25. The molecule has 0 saturated heterocycles. The van der Waals surface area contributed by atoms with E-state index in [0.717, 1.165) is 22.9 Å². The summed E-state index contributed by atoms with van der Waals surface area (Å²) in [6.07, 6.45) is 3.41. The molecule has 0 unspecified atom stereocenters. The van der Waals surface area contributed by atoms with Crippen LogP contribution < -0.4 is 4.74 Å². The highest BCUT2D eigenvalue weighted by Gasteiger charge is 2.01. The number of ether oxygens (including phenoxy) is 1. The van der Waals surface area contributed by atoms with Crippen LogP contribution >= 0.6 is 15.9 Å². The largest absolute Gasteiger partial charge is 0.492 e. The van der Waals surface area contributed by atoms with Gasteiger partial charge in [0.2, 0.25) is 0 Å². The molecular weight excluding hydrogens is 244 g/mol. The molecule has 3 heteroatoms. The van der Waals surface area contributed by atoms with Crippen LogP contribution in [0.5, 0.6) is 5.75 Å². The van der Waals surface area contributed by atoms with Crippen LogP contribution in [-0.2, 0) is 0 Å². The van der Waals surface area contributed by atoms with E-state index in [1.165, 1.54) is 0 Å². The fourth-order valence-electron chi connectivity index (χ4n) is 0.960. The summed E-state index contributed by atoms with van der Waals surface area (Å²) in [5.41, 5.74) is 0.632. The quantitative estimate of drug-likeness (QED) is 0.458. The van der Waals surface area contributed by atoms with E-state index in [-0.39, 0.29) is 0 Å². The predicted octanol–water partition coefficient (Wildman–Crippen LogP) is 3.22. The molecule has 0 heterocycles. The molecule has 0 N–H and O–H groups in total. The summed E-state index contributed by atoms with van der Waals surface area (Å²) in [6.45, 7) is 4.20. The van der Waals surface area contributed by atoms with Crippen molar-refractivity contribution < 1.29 is 9.53 Å². The lowest BCUT2D eigenvalue weighted by atomic mass is 10.2. The molecule has 0 spiro atoms. The molecule has 74 valence electrons. The minimum Gasteiger partial charge on any atom is -0.492 e. The number of hydrogen-bond donors (Lipinski definition) is 0. The Morgan fingerprint density at radius 3 is 2.86 bits per heavy atom. The van der Waals surface area contributed by atoms with Crippen LogP contribution in [0.25, 0.3) is 0 Å². The lowest BCUT2D eigenvalue weighted by Gasteiger charge is -2.06. The van der Waals surface area contributed by atoms with E-state index in [2.05, 4.69) is 22.5 Å². The Bertz CT molecular complexity index is 334. The molecule has 1 aromatic rings. The number of halogens is 1. The van der Waals surface area contributed by atoms with Crippen LogP contribution in [0, 0.1) is 0 Å². The first-order valence-corrected chi connectivity index (χ1v) is 5.05. The fraction of sp³-hybridized carbons (Fsp3) is 0.182. The lowest BCUT2D eigenvalue weighted by molar-refractivity contribution is 0.112. The lowest BCUT2D eigenvalue weighted by Crippen LogP contribution is -1.96. The smallest absolute Gasteiger partial charge is 0.150 e. The molecule has 1 aromatic carbocycles. The molecule has 0 bridgehead atoms. The van der Waals surface area contributed by atoms with Crippen molar-refractivity contribution in [1.82, 2.24) is 0 Å². The average Bonchev–Trinajstić information content (AvgIpc) is 2.20. The third kappa shape index (κ3) is 3.00. The maximum absolute atomic E-state index is 10.5. The van der Waals surface area contributed by atoms with Crippen LogP contribution in [0.15, 0.2) is 35.3 Å². The molecule has 0 aliphatic rings. The Hall–Kier alpha value is -1.09. The highest BCUT2D eigenvalue weighted by atomic mass is 79.9. The van der Waals surface area contributed by atoms with E-state index >= 15 is 0 Å². The van der Waals surface area contributed by atoms with Gasteiger partial charge in [0.25, 0.3) is 0 Å². The van der Waals surface area contributed by atoms with Crippen molar-refractivity contribution >= 4 is 22.2 Å². The Morgan fingerprint density at radius 2 is 2.29 bits per heavy atom. The van der Waals surface area contributed by atoms with E-state index < -0.39 is 0 Å². The van der Waals surface area contributed by atoms with E-state index in [0.29, 0.717) is 12.2 Å². The number of carbonyl (C=O) groups is 1. The summed E-state index contributed by atoms with van der Waals surface area (Å²) < 4.78 is 6.24. The molecule has 0 aromatic heterocycles. The molecule has 1 rings (SSSR count). The minimum atomic E-state index is 0.600. The van der Waals surface area contributed by atoms with Crippen LogP contribution in [0.3, 0.4) is 0 Å². The first-order chi connectivity index (χ1) is 6.77. The van der Waals surface area contributed by atoms with Gasteiger partial charge in [-0.2, -0.15) is 0 Å². The Balaban J connectivity index is 2.68. The summed E-state index contributed by atoms with van der Waals surface area (Å²) in [6, 6.07) is 5.23. The summed E-state index contributed by atoms with van der Waals surface area (Å²) in [5.74, 6) is 0.748. The minimum absolute atomic E-state index is 0.600. The van der Waals surface area contributed by atoms with Gasteiger partial charge in [-0.05, 0) is 40.5 Å². The molecule has 14 heavy (non-hydrogen) atoms. The topological polar surface area (TPSA) is 26.3 Å². The maximum Gasteiger partial charge on any atom is 0.150 e. The molecule has 2 nitrogen and oxygen atoms in total. The van der Waals surface area contributed by atoms with E-state index in [9.17, 15) is 4.79 Å². The molecule has 0 saturated carbocycles.